The van der Waals surface area contributed by atoms with Crippen LogP contribution in [0.1, 0.15) is 16.7 Å². The van der Waals surface area contributed by atoms with E-state index in [-0.39, 0.29) is 0 Å². The Morgan fingerprint density at radius 2 is 1.55 bits per heavy atom. The van der Waals surface area contributed by atoms with Crippen LogP contribution in [0.5, 0.6) is 0 Å². The summed E-state index contributed by atoms with van der Waals surface area (Å²) in [5.74, 6) is 2.20. The molecule has 0 saturated carbocycles. The van der Waals surface area contributed by atoms with E-state index < -0.39 is 0 Å². The van der Waals surface area contributed by atoms with E-state index in [0.717, 1.165) is 28.5 Å². The molecule has 0 atom stereocenters. The van der Waals surface area contributed by atoms with E-state index in [4.69, 9.17) is 9.97 Å². The first-order chi connectivity index (χ1) is 14.2. The minimum atomic E-state index is 0.663. The summed E-state index contributed by atoms with van der Waals surface area (Å²) in [6.45, 7) is 4.88. The zero-order valence-corrected chi connectivity index (χ0v) is 16.6. The number of pyridine rings is 1. The first kappa shape index (κ1) is 18.6. The minimum Gasteiger partial charge on any atom is -0.366 e. The van der Waals surface area contributed by atoms with Gasteiger partial charge in [0.1, 0.15) is 11.6 Å². The molecule has 0 spiro atoms. The summed E-state index contributed by atoms with van der Waals surface area (Å²) in [6, 6.07) is 22.2. The number of anilines is 3. The van der Waals surface area contributed by atoms with Crippen molar-refractivity contribution in [2.45, 2.75) is 20.4 Å². The first-order valence-corrected chi connectivity index (χ1v) is 9.59. The second-order valence-corrected chi connectivity index (χ2v) is 6.91. The lowest BCUT2D eigenvalue weighted by molar-refractivity contribution is 1.08. The average Bonchev–Trinajstić information content (AvgIpc) is 2.77. The SMILES string of the molecule is Cc1cccc(Nc2cc(NCc3ccncc3)nc(-c3ccccc3)n2)c1C. The molecule has 2 heterocycles. The molecule has 4 rings (SSSR count). The monoisotopic (exact) mass is 381 g/mol. The molecule has 144 valence electrons. The molecule has 2 aromatic carbocycles. The van der Waals surface area contributed by atoms with Crippen molar-refractivity contribution in [3.05, 3.63) is 95.8 Å². The largest absolute Gasteiger partial charge is 0.366 e. The third-order valence-corrected chi connectivity index (χ3v) is 4.85. The molecule has 2 aromatic heterocycles. The van der Waals surface area contributed by atoms with E-state index in [0.29, 0.717) is 12.4 Å². The van der Waals surface area contributed by atoms with Crippen LogP contribution in [0.2, 0.25) is 0 Å². The fourth-order valence-electron chi connectivity index (χ4n) is 3.04. The number of benzene rings is 2. The summed E-state index contributed by atoms with van der Waals surface area (Å²) in [4.78, 5) is 13.5. The third-order valence-electron chi connectivity index (χ3n) is 4.85. The second kappa shape index (κ2) is 8.52. The zero-order chi connectivity index (χ0) is 20.1. The van der Waals surface area contributed by atoms with E-state index in [1.807, 2.05) is 54.6 Å². The van der Waals surface area contributed by atoms with Crippen LogP contribution in [0.4, 0.5) is 17.3 Å². The highest BCUT2D eigenvalue weighted by Gasteiger charge is 2.09. The van der Waals surface area contributed by atoms with Crippen molar-refractivity contribution >= 4 is 17.3 Å². The van der Waals surface area contributed by atoms with Crippen LogP contribution in [0.15, 0.2) is 79.1 Å². The number of hydrogen-bond acceptors (Lipinski definition) is 5. The maximum atomic E-state index is 4.75. The van der Waals surface area contributed by atoms with Crippen LogP contribution < -0.4 is 10.6 Å². The zero-order valence-electron chi connectivity index (χ0n) is 16.6. The van der Waals surface area contributed by atoms with Crippen LogP contribution in [0.3, 0.4) is 0 Å². The highest BCUT2D eigenvalue weighted by Crippen LogP contribution is 2.25. The van der Waals surface area contributed by atoms with Gasteiger partial charge in [-0.3, -0.25) is 4.98 Å². The number of nitrogens with one attached hydrogen (secondary N) is 2. The fraction of sp³-hybridized carbons (Fsp3) is 0.125. The van der Waals surface area contributed by atoms with Crippen molar-refractivity contribution in [1.82, 2.24) is 15.0 Å². The molecule has 0 radical (unpaired) electrons. The van der Waals surface area contributed by atoms with Crippen molar-refractivity contribution in [1.29, 1.82) is 0 Å². The molecule has 0 aliphatic rings. The Bertz CT molecular complexity index is 1090. The van der Waals surface area contributed by atoms with Crippen LogP contribution in [0.25, 0.3) is 11.4 Å². The van der Waals surface area contributed by atoms with Crippen LogP contribution in [-0.2, 0) is 6.54 Å². The molecule has 5 nitrogen and oxygen atoms in total. The Labute approximate surface area is 170 Å². The summed E-state index contributed by atoms with van der Waals surface area (Å²) in [5, 5.41) is 6.87. The Kier molecular flexibility index (Phi) is 5.47. The molecule has 0 fully saturated rings. The van der Waals surface area contributed by atoms with Gasteiger partial charge in [-0.1, -0.05) is 42.5 Å². The summed E-state index contributed by atoms with van der Waals surface area (Å²) < 4.78 is 0. The molecule has 29 heavy (non-hydrogen) atoms. The van der Waals surface area contributed by atoms with Gasteiger partial charge in [-0.2, -0.15) is 0 Å². The van der Waals surface area contributed by atoms with Crippen molar-refractivity contribution in [3.8, 4) is 11.4 Å². The van der Waals surface area contributed by atoms with Gasteiger partial charge in [0.25, 0.3) is 0 Å². The lowest BCUT2D eigenvalue weighted by Crippen LogP contribution is -2.05. The van der Waals surface area contributed by atoms with Gasteiger partial charge in [0, 0.05) is 36.3 Å². The predicted molar refractivity (Wildman–Crippen MR) is 118 cm³/mol. The number of aryl methyl sites for hydroxylation is 1. The van der Waals surface area contributed by atoms with Gasteiger partial charge in [-0.25, -0.2) is 9.97 Å². The second-order valence-electron chi connectivity index (χ2n) is 6.91. The lowest BCUT2D eigenvalue weighted by atomic mass is 10.1. The van der Waals surface area contributed by atoms with Gasteiger partial charge in [0.05, 0.1) is 0 Å². The molecule has 0 bridgehead atoms. The third kappa shape index (κ3) is 4.58. The molecule has 2 N–H and O–H groups in total. The van der Waals surface area contributed by atoms with E-state index in [2.05, 4.69) is 41.6 Å². The normalized spacial score (nSPS) is 10.6. The van der Waals surface area contributed by atoms with Crippen LogP contribution in [-0.4, -0.2) is 15.0 Å². The van der Waals surface area contributed by atoms with Gasteiger partial charge >= 0.3 is 0 Å². The number of nitrogens with zero attached hydrogens (tertiary/aromatic N) is 3. The summed E-state index contributed by atoms with van der Waals surface area (Å²) >= 11 is 0. The number of hydrogen-bond donors (Lipinski definition) is 2. The molecular formula is C24H23N5. The van der Waals surface area contributed by atoms with Crippen molar-refractivity contribution in [2.24, 2.45) is 0 Å². The van der Waals surface area contributed by atoms with Crippen molar-refractivity contribution in [3.63, 3.8) is 0 Å². The number of aromatic nitrogens is 3. The van der Waals surface area contributed by atoms with Crippen LogP contribution >= 0.6 is 0 Å². The minimum absolute atomic E-state index is 0.663. The average molecular weight is 381 g/mol. The van der Waals surface area contributed by atoms with E-state index in [1.165, 1.54) is 11.1 Å². The van der Waals surface area contributed by atoms with Gasteiger partial charge in [0.2, 0.25) is 0 Å². The van der Waals surface area contributed by atoms with Crippen molar-refractivity contribution < 1.29 is 0 Å². The molecule has 4 aromatic rings. The number of rotatable bonds is 6. The van der Waals surface area contributed by atoms with Crippen molar-refractivity contribution in [2.75, 3.05) is 10.6 Å². The van der Waals surface area contributed by atoms with E-state index in [1.54, 1.807) is 12.4 Å². The molecular weight excluding hydrogens is 358 g/mol. The predicted octanol–water partition coefficient (Wildman–Crippen LogP) is 5.51. The summed E-state index contributed by atoms with van der Waals surface area (Å²) in [5.41, 5.74) is 5.61. The van der Waals surface area contributed by atoms with Gasteiger partial charge in [-0.05, 0) is 48.7 Å². The summed E-state index contributed by atoms with van der Waals surface area (Å²) in [6.07, 6.45) is 3.58. The van der Waals surface area contributed by atoms with E-state index in [9.17, 15) is 0 Å². The Morgan fingerprint density at radius 1 is 0.793 bits per heavy atom. The lowest BCUT2D eigenvalue weighted by Gasteiger charge is -2.14. The maximum Gasteiger partial charge on any atom is 0.163 e. The first-order valence-electron chi connectivity index (χ1n) is 9.59. The topological polar surface area (TPSA) is 62.7 Å². The van der Waals surface area contributed by atoms with Gasteiger partial charge < -0.3 is 10.6 Å². The molecule has 0 unspecified atom stereocenters. The maximum absolute atomic E-state index is 4.75. The highest BCUT2D eigenvalue weighted by molar-refractivity contribution is 5.67. The molecule has 0 amide bonds. The Balaban J connectivity index is 1.67. The standard InChI is InChI=1S/C24H23N5/c1-17-7-6-10-21(18(17)2)27-23-15-22(26-16-19-11-13-25-14-12-19)28-24(29-23)20-8-4-3-5-9-20/h3-15H,16H2,1-2H3,(H2,26,27,28,29). The Morgan fingerprint density at radius 3 is 2.34 bits per heavy atom. The Hall–Kier alpha value is -3.73. The van der Waals surface area contributed by atoms with E-state index >= 15 is 0 Å². The molecule has 0 saturated heterocycles. The molecule has 0 aliphatic heterocycles. The van der Waals surface area contributed by atoms with Gasteiger partial charge in [-0.15, -0.1) is 0 Å². The summed E-state index contributed by atoms with van der Waals surface area (Å²) in [7, 11) is 0. The smallest absolute Gasteiger partial charge is 0.163 e. The van der Waals surface area contributed by atoms with Crippen LogP contribution in [0, 0.1) is 13.8 Å². The molecule has 0 aliphatic carbocycles. The fourth-order valence-corrected chi connectivity index (χ4v) is 3.04. The quantitative estimate of drug-likeness (QED) is 0.461. The van der Waals surface area contributed by atoms with Gasteiger partial charge in [0.15, 0.2) is 5.82 Å². The highest BCUT2D eigenvalue weighted by atomic mass is 15.1. The molecule has 5 heteroatoms.